The van der Waals surface area contributed by atoms with Crippen LogP contribution in [0.15, 0.2) is 36.4 Å². The number of esters is 4. The molecule has 1 N–H and O–H groups in total. The standard InChI is InChI=1S/C20H29NO4.C19H27NO4.2ClH/c1-13(2)16-7-6-8-17(14(3)15-9-10-15)20(16)25-19(23)12-24-18(22)11-21(4)5;1-12(2)15-6-5-7-16(13(3)14-8-9-14)19(15)24-18(22)11-23-17(21)10-20-4;;/h6-8,13-15H,9-12H2,1-5H3;5-7,12-14,20H,8-11H2,1-4H3;2*1H/t14-;13-;;/m00../s1. The molecule has 0 heterocycles. The molecule has 2 aromatic rings. The summed E-state index contributed by atoms with van der Waals surface area (Å²) < 4.78 is 21.2. The van der Waals surface area contributed by atoms with Crippen molar-refractivity contribution in [3.63, 3.8) is 0 Å². The van der Waals surface area contributed by atoms with Crippen molar-refractivity contribution in [2.75, 3.05) is 47.4 Å². The molecular weight excluding hydrogens is 695 g/mol. The second kappa shape index (κ2) is 22.0. The highest BCUT2D eigenvalue weighted by Gasteiger charge is 2.33. The van der Waals surface area contributed by atoms with E-state index < -0.39 is 23.9 Å². The molecule has 4 rings (SSSR count). The Morgan fingerprint density at radius 1 is 0.647 bits per heavy atom. The summed E-state index contributed by atoms with van der Waals surface area (Å²) in [4.78, 5) is 49.0. The zero-order valence-electron chi connectivity index (χ0n) is 31.6. The number of hydrogen-bond donors (Lipinski definition) is 1. The van der Waals surface area contributed by atoms with Gasteiger partial charge < -0.3 is 24.3 Å². The lowest BCUT2D eigenvalue weighted by Gasteiger charge is -2.20. The van der Waals surface area contributed by atoms with Crippen molar-refractivity contribution in [3.05, 3.63) is 58.7 Å². The van der Waals surface area contributed by atoms with Gasteiger partial charge in [0.05, 0.1) is 13.1 Å². The minimum atomic E-state index is -0.545. The van der Waals surface area contributed by atoms with Crippen LogP contribution in [-0.2, 0) is 28.7 Å². The van der Waals surface area contributed by atoms with Gasteiger partial charge in [0.25, 0.3) is 0 Å². The second-order valence-electron chi connectivity index (χ2n) is 14.1. The number of nitrogens with one attached hydrogen (secondary N) is 1. The average Bonchev–Trinajstić information content (AvgIpc) is 3.96. The first-order valence-electron chi connectivity index (χ1n) is 17.5. The maximum Gasteiger partial charge on any atom is 0.349 e. The van der Waals surface area contributed by atoms with Gasteiger partial charge in [-0.2, -0.15) is 0 Å². The van der Waals surface area contributed by atoms with Crippen molar-refractivity contribution in [2.24, 2.45) is 11.8 Å². The molecule has 2 aliphatic carbocycles. The lowest BCUT2D eigenvalue weighted by Crippen LogP contribution is -2.27. The predicted octanol–water partition coefficient (Wildman–Crippen LogP) is 7.17. The molecule has 2 aromatic carbocycles. The van der Waals surface area contributed by atoms with Crippen LogP contribution in [0.2, 0.25) is 0 Å². The van der Waals surface area contributed by atoms with Crippen LogP contribution >= 0.6 is 24.8 Å². The SMILES string of the molecule is CC(C)c1cccc([C@@H](C)C2CC2)c1OC(=O)COC(=O)CN(C)C.CNCC(=O)OCC(=O)Oc1c(C(C)C)cccc1[C@@H](C)C1CC1.Cl.Cl. The molecule has 0 aliphatic heterocycles. The van der Waals surface area contributed by atoms with E-state index in [4.69, 9.17) is 18.9 Å². The zero-order valence-corrected chi connectivity index (χ0v) is 33.2. The first-order chi connectivity index (χ1) is 23.2. The molecule has 0 saturated heterocycles. The number of ether oxygens (including phenoxy) is 4. The van der Waals surface area contributed by atoms with E-state index >= 15 is 0 Å². The molecule has 0 unspecified atom stereocenters. The Morgan fingerprint density at radius 3 is 1.35 bits per heavy atom. The van der Waals surface area contributed by atoms with Crippen molar-refractivity contribution in [1.82, 2.24) is 10.2 Å². The van der Waals surface area contributed by atoms with Crippen molar-refractivity contribution >= 4 is 48.7 Å². The maximum atomic E-state index is 12.2. The second-order valence-corrected chi connectivity index (χ2v) is 14.1. The third-order valence-electron chi connectivity index (χ3n) is 8.94. The number of para-hydroxylation sites is 2. The number of rotatable bonds is 16. The molecule has 0 bridgehead atoms. The van der Waals surface area contributed by atoms with E-state index in [1.54, 1.807) is 26.0 Å². The topological polar surface area (TPSA) is 120 Å². The Bertz CT molecular complexity index is 1440. The van der Waals surface area contributed by atoms with E-state index in [0.717, 1.165) is 22.3 Å². The van der Waals surface area contributed by atoms with Crippen LogP contribution in [0.3, 0.4) is 0 Å². The molecule has 2 atom stereocenters. The normalized spacial score (nSPS) is 14.7. The number of likely N-dealkylation sites (N-methyl/N-ethyl adjacent to an activating group) is 2. The summed E-state index contributed by atoms with van der Waals surface area (Å²) in [5, 5.41) is 2.68. The zero-order chi connectivity index (χ0) is 36.2. The third-order valence-corrected chi connectivity index (χ3v) is 8.94. The number of nitrogens with zero attached hydrogens (tertiary/aromatic N) is 1. The van der Waals surface area contributed by atoms with Crippen LogP contribution in [0, 0.1) is 11.8 Å². The fraction of sp³-hybridized carbons (Fsp3) is 0.590. The van der Waals surface area contributed by atoms with Gasteiger partial charge in [-0.25, -0.2) is 9.59 Å². The van der Waals surface area contributed by atoms with Crippen molar-refractivity contribution in [2.45, 2.75) is 90.9 Å². The summed E-state index contributed by atoms with van der Waals surface area (Å²) in [5.41, 5.74) is 4.16. The lowest BCUT2D eigenvalue weighted by molar-refractivity contribution is -0.154. The molecule has 0 amide bonds. The van der Waals surface area contributed by atoms with Crippen molar-refractivity contribution in [3.8, 4) is 11.5 Å². The molecule has 2 saturated carbocycles. The Kier molecular flexibility index (Phi) is 19.8. The maximum absolute atomic E-state index is 12.2. The first kappa shape index (κ1) is 45.8. The van der Waals surface area contributed by atoms with Crippen LogP contribution in [0.25, 0.3) is 0 Å². The van der Waals surface area contributed by atoms with Gasteiger partial charge in [0, 0.05) is 0 Å². The lowest BCUT2D eigenvalue weighted by atomic mass is 9.90. The highest BCUT2D eigenvalue weighted by molar-refractivity contribution is 5.85. The highest BCUT2D eigenvalue weighted by Crippen LogP contribution is 2.47. The summed E-state index contributed by atoms with van der Waals surface area (Å²) in [6, 6.07) is 12.1. The monoisotopic (exact) mass is 752 g/mol. The molecule has 0 radical (unpaired) electrons. The highest BCUT2D eigenvalue weighted by atomic mass is 35.5. The third kappa shape index (κ3) is 14.8. The van der Waals surface area contributed by atoms with Crippen LogP contribution in [-0.4, -0.2) is 76.2 Å². The molecule has 286 valence electrons. The van der Waals surface area contributed by atoms with E-state index in [0.29, 0.717) is 35.2 Å². The van der Waals surface area contributed by atoms with E-state index in [9.17, 15) is 19.2 Å². The van der Waals surface area contributed by atoms with Gasteiger partial charge in [-0.05, 0) is 105 Å². The number of benzene rings is 2. The average molecular weight is 754 g/mol. The number of carbonyl (C=O) groups is 4. The fourth-order valence-electron chi connectivity index (χ4n) is 5.77. The number of halogens is 2. The van der Waals surface area contributed by atoms with Crippen LogP contribution < -0.4 is 14.8 Å². The molecule has 0 spiro atoms. The predicted molar refractivity (Wildman–Crippen MR) is 204 cm³/mol. The van der Waals surface area contributed by atoms with E-state index in [1.807, 2.05) is 36.4 Å². The van der Waals surface area contributed by atoms with E-state index in [1.165, 1.54) is 25.7 Å². The Balaban J connectivity index is 0.000000491. The summed E-state index contributed by atoms with van der Waals surface area (Å²) in [6.45, 7) is 12.1. The Labute approximate surface area is 316 Å². The summed E-state index contributed by atoms with van der Waals surface area (Å²) in [7, 11) is 5.18. The molecular formula is C39H58Cl2N2O8. The fourth-order valence-corrected chi connectivity index (χ4v) is 5.77. The molecule has 2 aliphatic rings. The quantitative estimate of drug-likeness (QED) is 0.140. The summed E-state index contributed by atoms with van der Waals surface area (Å²) in [6.07, 6.45) is 4.90. The molecule has 2 fully saturated rings. The molecule has 0 aromatic heterocycles. The van der Waals surface area contributed by atoms with Gasteiger partial charge in [-0.1, -0.05) is 77.9 Å². The van der Waals surface area contributed by atoms with Gasteiger partial charge in [-0.15, -0.1) is 24.8 Å². The van der Waals surface area contributed by atoms with Crippen LogP contribution in [0.1, 0.15) is 113 Å². The van der Waals surface area contributed by atoms with Crippen molar-refractivity contribution < 1.29 is 38.1 Å². The van der Waals surface area contributed by atoms with E-state index in [2.05, 4.69) is 46.9 Å². The Morgan fingerprint density at radius 2 is 1.02 bits per heavy atom. The number of carbonyl (C=O) groups excluding carboxylic acids is 4. The Hall–Kier alpha value is -3.18. The summed E-state index contributed by atoms with van der Waals surface area (Å²) >= 11 is 0. The van der Waals surface area contributed by atoms with E-state index in [-0.39, 0.29) is 63.0 Å². The minimum Gasteiger partial charge on any atom is -0.453 e. The van der Waals surface area contributed by atoms with Gasteiger partial charge in [0.1, 0.15) is 11.5 Å². The number of hydrogen-bond acceptors (Lipinski definition) is 10. The molecule has 51 heavy (non-hydrogen) atoms. The van der Waals surface area contributed by atoms with Gasteiger partial charge in [0.2, 0.25) is 0 Å². The summed E-state index contributed by atoms with van der Waals surface area (Å²) in [5.74, 6) is 1.82. The molecule has 12 heteroatoms. The van der Waals surface area contributed by atoms with Gasteiger partial charge in [0.15, 0.2) is 13.2 Å². The minimum absolute atomic E-state index is 0. The van der Waals surface area contributed by atoms with Crippen LogP contribution in [0.5, 0.6) is 11.5 Å². The van der Waals surface area contributed by atoms with Crippen molar-refractivity contribution in [1.29, 1.82) is 0 Å². The first-order valence-corrected chi connectivity index (χ1v) is 17.5. The smallest absolute Gasteiger partial charge is 0.349 e. The van der Waals surface area contributed by atoms with Gasteiger partial charge in [-0.3, -0.25) is 14.5 Å². The largest absolute Gasteiger partial charge is 0.453 e. The van der Waals surface area contributed by atoms with Crippen LogP contribution in [0.4, 0.5) is 0 Å². The molecule has 10 nitrogen and oxygen atoms in total. The van der Waals surface area contributed by atoms with Gasteiger partial charge >= 0.3 is 23.9 Å².